The largest absolute Gasteiger partial charge is 0.285 e. The van der Waals surface area contributed by atoms with Gasteiger partial charge in [-0.15, -0.1) is 11.3 Å². The van der Waals surface area contributed by atoms with Crippen LogP contribution in [0, 0.1) is 0 Å². The summed E-state index contributed by atoms with van der Waals surface area (Å²) in [4.78, 5) is 21.9. The summed E-state index contributed by atoms with van der Waals surface area (Å²) in [6.45, 7) is 2.84. The number of fused-ring (bicyclic) bond motifs is 1. The zero-order chi connectivity index (χ0) is 17.4. The van der Waals surface area contributed by atoms with Crippen LogP contribution in [0.15, 0.2) is 35.3 Å². The van der Waals surface area contributed by atoms with E-state index in [4.69, 9.17) is 16.6 Å². The van der Waals surface area contributed by atoms with Crippen molar-refractivity contribution in [2.45, 2.75) is 37.9 Å². The minimum absolute atomic E-state index is 0.0870. The van der Waals surface area contributed by atoms with Gasteiger partial charge in [-0.3, -0.25) is 9.69 Å². The Hall–Kier alpha value is -1.30. The van der Waals surface area contributed by atoms with Crippen molar-refractivity contribution in [1.29, 1.82) is 0 Å². The van der Waals surface area contributed by atoms with E-state index in [-0.39, 0.29) is 5.91 Å². The minimum Gasteiger partial charge on any atom is -0.285 e. The number of hydrogen-bond donors (Lipinski definition) is 0. The third kappa shape index (κ3) is 3.64. The van der Waals surface area contributed by atoms with Crippen LogP contribution in [0.4, 0.5) is 5.69 Å². The first-order chi connectivity index (χ1) is 12.1. The first-order valence-electron chi connectivity index (χ1n) is 8.54. The Morgan fingerprint density at radius 2 is 2.00 bits per heavy atom. The summed E-state index contributed by atoms with van der Waals surface area (Å²) in [7, 11) is 0. The van der Waals surface area contributed by atoms with Crippen LogP contribution in [0.2, 0.25) is 5.02 Å². The molecule has 0 radical (unpaired) electrons. The molecule has 1 aromatic heterocycles. The minimum atomic E-state index is 0.0870. The Balaban J connectivity index is 1.61. The lowest BCUT2D eigenvalue weighted by Crippen LogP contribution is -2.31. The first kappa shape index (κ1) is 17.1. The average Bonchev–Trinajstić information content (AvgIpc) is 3.19. The number of hydrogen-bond acceptors (Lipinski definition) is 4. The predicted molar refractivity (Wildman–Crippen MR) is 108 cm³/mol. The molecule has 1 aromatic carbocycles. The highest BCUT2D eigenvalue weighted by Gasteiger charge is 2.32. The number of benzene rings is 1. The van der Waals surface area contributed by atoms with Crippen molar-refractivity contribution >= 4 is 51.5 Å². The van der Waals surface area contributed by atoms with E-state index in [1.165, 1.54) is 23.3 Å². The van der Waals surface area contributed by atoms with Gasteiger partial charge < -0.3 is 0 Å². The summed E-state index contributed by atoms with van der Waals surface area (Å²) in [5.74, 6) is 0.0870. The van der Waals surface area contributed by atoms with E-state index >= 15 is 0 Å². The van der Waals surface area contributed by atoms with Gasteiger partial charge in [0.1, 0.15) is 0 Å². The van der Waals surface area contributed by atoms with Crippen molar-refractivity contribution in [2.24, 2.45) is 4.99 Å². The number of aryl methyl sites for hydroxylation is 2. The Labute approximate surface area is 161 Å². The molecule has 1 aliphatic carbocycles. The molecule has 3 nitrogen and oxygen atoms in total. The van der Waals surface area contributed by atoms with Gasteiger partial charge in [0.15, 0.2) is 5.17 Å². The van der Waals surface area contributed by atoms with Gasteiger partial charge in [-0.25, -0.2) is 4.99 Å². The lowest BCUT2D eigenvalue weighted by molar-refractivity contribution is 0.0860. The number of thioether (sulfide) groups is 1. The average molecular weight is 391 g/mol. The predicted octanol–water partition coefficient (Wildman–Crippen LogP) is 5.55. The maximum Gasteiger partial charge on any atom is 0.269 e. The Morgan fingerprint density at radius 3 is 2.76 bits per heavy atom. The van der Waals surface area contributed by atoms with Crippen LogP contribution in [0.1, 0.15) is 39.9 Å². The molecule has 1 saturated heterocycles. The van der Waals surface area contributed by atoms with Crippen molar-refractivity contribution < 1.29 is 4.79 Å². The summed E-state index contributed by atoms with van der Waals surface area (Å²) in [6.07, 6.45) is 4.69. The fraction of sp³-hybridized carbons (Fsp3) is 0.368. The number of rotatable bonds is 2. The van der Waals surface area contributed by atoms with Crippen molar-refractivity contribution in [3.05, 3.63) is 50.7 Å². The highest BCUT2D eigenvalue weighted by Crippen LogP contribution is 2.34. The molecule has 1 atom stereocenters. The van der Waals surface area contributed by atoms with Gasteiger partial charge in [-0.2, -0.15) is 0 Å². The SMILES string of the molecule is C[C@@H]1CN(C(=O)c2cc3c(s2)CCCC3)C(=Nc2ccc(Cl)cc2)S1. The highest BCUT2D eigenvalue weighted by molar-refractivity contribution is 8.14. The zero-order valence-electron chi connectivity index (χ0n) is 14.0. The molecule has 1 aliphatic heterocycles. The van der Waals surface area contributed by atoms with E-state index in [1.807, 2.05) is 29.2 Å². The molecule has 25 heavy (non-hydrogen) atoms. The number of nitrogens with zero attached hydrogens (tertiary/aromatic N) is 2. The Kier molecular flexibility index (Phi) is 4.89. The molecule has 0 spiro atoms. The van der Waals surface area contributed by atoms with Gasteiger partial charge in [-0.1, -0.05) is 30.3 Å². The topological polar surface area (TPSA) is 32.7 Å². The number of carbonyl (C=O) groups is 1. The van der Waals surface area contributed by atoms with Crippen LogP contribution < -0.4 is 0 Å². The summed E-state index contributed by atoms with van der Waals surface area (Å²) in [5, 5.41) is 1.82. The molecule has 130 valence electrons. The number of thiophene rings is 1. The second-order valence-electron chi connectivity index (χ2n) is 6.48. The molecule has 0 unspecified atom stereocenters. The van der Waals surface area contributed by atoms with Crippen LogP contribution in [0.5, 0.6) is 0 Å². The second-order valence-corrected chi connectivity index (χ2v) is 9.46. The highest BCUT2D eigenvalue weighted by atomic mass is 35.5. The van der Waals surface area contributed by atoms with E-state index in [1.54, 1.807) is 23.1 Å². The lowest BCUT2D eigenvalue weighted by Gasteiger charge is -2.15. The van der Waals surface area contributed by atoms with Crippen LogP contribution in [0.25, 0.3) is 0 Å². The molecule has 2 heterocycles. The maximum atomic E-state index is 13.1. The lowest BCUT2D eigenvalue weighted by atomic mass is 9.99. The molecular weight excluding hydrogens is 372 g/mol. The van der Waals surface area contributed by atoms with Crippen LogP contribution >= 0.6 is 34.7 Å². The molecule has 6 heteroatoms. The standard InChI is InChI=1S/C19H19ClN2OS2/c1-12-11-22(19(24-12)21-15-8-6-14(20)7-9-15)18(23)17-10-13-4-2-3-5-16(13)25-17/h6-10,12H,2-5,11H2,1H3/t12-/m1/s1. The number of carbonyl (C=O) groups excluding carboxylic acids is 1. The maximum absolute atomic E-state index is 13.1. The second kappa shape index (κ2) is 7.14. The Bertz CT molecular complexity index is 805. The molecule has 2 aromatic rings. The number of amides is 1. The van der Waals surface area contributed by atoms with Gasteiger partial charge >= 0.3 is 0 Å². The molecule has 0 N–H and O–H groups in total. The molecule has 2 aliphatic rings. The Morgan fingerprint density at radius 1 is 1.24 bits per heavy atom. The molecule has 0 saturated carbocycles. The quantitative estimate of drug-likeness (QED) is 0.673. The van der Waals surface area contributed by atoms with E-state index in [0.717, 1.165) is 28.6 Å². The van der Waals surface area contributed by atoms with Crippen molar-refractivity contribution in [2.75, 3.05) is 6.54 Å². The first-order valence-corrected chi connectivity index (χ1v) is 10.6. The van der Waals surface area contributed by atoms with E-state index in [2.05, 4.69) is 13.0 Å². The fourth-order valence-corrected chi connectivity index (χ4v) is 5.58. The zero-order valence-corrected chi connectivity index (χ0v) is 16.4. The summed E-state index contributed by atoms with van der Waals surface area (Å²) in [6, 6.07) is 9.51. The number of amidine groups is 1. The monoisotopic (exact) mass is 390 g/mol. The van der Waals surface area contributed by atoms with Gasteiger partial charge in [0, 0.05) is 21.7 Å². The molecule has 4 rings (SSSR count). The van der Waals surface area contributed by atoms with Crippen molar-refractivity contribution in [1.82, 2.24) is 4.90 Å². The van der Waals surface area contributed by atoms with Crippen LogP contribution in [-0.2, 0) is 12.8 Å². The van der Waals surface area contributed by atoms with Gasteiger partial charge in [0.05, 0.1) is 10.6 Å². The molecule has 1 fully saturated rings. The normalized spacial score (nSPS) is 21.6. The number of halogens is 1. The summed E-state index contributed by atoms with van der Waals surface area (Å²) >= 11 is 9.27. The van der Waals surface area contributed by atoms with Gasteiger partial charge in [0.25, 0.3) is 5.91 Å². The molecule has 1 amide bonds. The van der Waals surface area contributed by atoms with E-state index in [0.29, 0.717) is 16.8 Å². The molecular formula is C19H19ClN2OS2. The summed E-state index contributed by atoms with van der Waals surface area (Å²) in [5.41, 5.74) is 2.19. The van der Waals surface area contributed by atoms with Crippen LogP contribution in [-0.4, -0.2) is 27.8 Å². The third-order valence-corrected chi connectivity index (χ3v) is 7.03. The van der Waals surface area contributed by atoms with Gasteiger partial charge in [-0.05, 0) is 61.6 Å². The van der Waals surface area contributed by atoms with E-state index < -0.39 is 0 Å². The fourth-order valence-electron chi connectivity index (χ4n) is 3.23. The van der Waals surface area contributed by atoms with Crippen molar-refractivity contribution in [3.63, 3.8) is 0 Å². The number of aliphatic imine (C=N–C) groups is 1. The van der Waals surface area contributed by atoms with Crippen molar-refractivity contribution in [3.8, 4) is 0 Å². The van der Waals surface area contributed by atoms with E-state index in [9.17, 15) is 4.79 Å². The van der Waals surface area contributed by atoms with Crippen LogP contribution in [0.3, 0.4) is 0 Å². The third-order valence-electron chi connectivity index (χ3n) is 4.48. The van der Waals surface area contributed by atoms with Gasteiger partial charge in [0.2, 0.25) is 0 Å². The summed E-state index contributed by atoms with van der Waals surface area (Å²) < 4.78 is 0. The molecule has 0 bridgehead atoms. The smallest absolute Gasteiger partial charge is 0.269 e.